The van der Waals surface area contributed by atoms with Crippen LogP contribution in [0.25, 0.3) is 0 Å². The quantitative estimate of drug-likeness (QED) is 0.687. The molecule has 0 saturated heterocycles. The summed E-state index contributed by atoms with van der Waals surface area (Å²) < 4.78 is 0. The van der Waals surface area contributed by atoms with E-state index in [1.54, 1.807) is 0 Å². The van der Waals surface area contributed by atoms with E-state index in [1.165, 1.54) is 19.3 Å². The normalized spacial score (nSPS) is 55.5. The lowest BCUT2D eigenvalue weighted by atomic mass is 9.44. The molecule has 4 aliphatic carbocycles. The van der Waals surface area contributed by atoms with Gasteiger partial charge in [0.05, 0.1) is 0 Å². The summed E-state index contributed by atoms with van der Waals surface area (Å²) in [7, 11) is 0. The predicted octanol–water partition coefficient (Wildman–Crippen LogP) is 3.96. The van der Waals surface area contributed by atoms with Gasteiger partial charge < -0.3 is 5.11 Å². The Labute approximate surface area is 140 Å². The monoisotopic (exact) mass is 314 g/mol. The molecule has 4 saturated carbocycles. The summed E-state index contributed by atoms with van der Waals surface area (Å²) >= 11 is 0. The Bertz CT molecular complexity index is 575. The molecule has 126 valence electrons. The summed E-state index contributed by atoms with van der Waals surface area (Å²) in [5.74, 6) is 5.83. The third-order valence-corrected chi connectivity index (χ3v) is 8.87. The van der Waals surface area contributed by atoms with Crippen molar-refractivity contribution in [2.24, 2.45) is 34.5 Å². The van der Waals surface area contributed by atoms with Gasteiger partial charge in [0.2, 0.25) is 0 Å². The number of Topliss-reactive ketones (excluding diaryl/α,β-unsaturated/α-hetero) is 1. The van der Waals surface area contributed by atoms with Crippen molar-refractivity contribution in [3.63, 3.8) is 0 Å². The number of aliphatic hydroxyl groups is 1. The first-order chi connectivity index (χ1) is 10.8. The Kier molecular flexibility index (Phi) is 3.31. The highest BCUT2D eigenvalue weighted by molar-refractivity contribution is 5.79. The largest absolute Gasteiger partial charge is 0.377 e. The Hall–Kier alpha value is -0.810. The molecule has 0 aromatic heterocycles. The van der Waals surface area contributed by atoms with Gasteiger partial charge in [-0.1, -0.05) is 19.8 Å². The van der Waals surface area contributed by atoms with Crippen molar-refractivity contribution in [3.8, 4) is 12.3 Å². The van der Waals surface area contributed by atoms with E-state index in [0.29, 0.717) is 29.0 Å². The standard InChI is InChI=1S/C21H30O2/c1-4-21(23)12-9-18-16-6-5-14-13-15(22)7-10-19(14,2)17(16)8-11-20(18,21)3/h1,14,16-18,23H,5-13H2,2-3H3/t14?,16?,17?,18?,19-,20-,21-/m0/s1. The number of hydrogen-bond acceptors (Lipinski definition) is 2. The summed E-state index contributed by atoms with van der Waals surface area (Å²) in [6, 6.07) is 0. The lowest BCUT2D eigenvalue weighted by molar-refractivity contribution is -0.147. The molecule has 0 radical (unpaired) electrons. The van der Waals surface area contributed by atoms with Crippen LogP contribution < -0.4 is 0 Å². The van der Waals surface area contributed by atoms with Crippen molar-refractivity contribution in [3.05, 3.63) is 0 Å². The summed E-state index contributed by atoms with van der Waals surface area (Å²) in [5.41, 5.74) is -0.658. The van der Waals surface area contributed by atoms with E-state index < -0.39 is 5.60 Å². The van der Waals surface area contributed by atoms with Crippen LogP contribution in [0.4, 0.5) is 0 Å². The fourth-order valence-corrected chi connectivity index (χ4v) is 7.30. The van der Waals surface area contributed by atoms with E-state index in [1.807, 2.05) is 0 Å². The minimum atomic E-state index is -0.900. The second kappa shape index (κ2) is 4.85. The van der Waals surface area contributed by atoms with Crippen molar-refractivity contribution in [1.29, 1.82) is 0 Å². The smallest absolute Gasteiger partial charge is 0.133 e. The minimum absolute atomic E-state index is 0.101. The second-order valence-electron chi connectivity index (χ2n) is 9.40. The Morgan fingerprint density at radius 3 is 2.57 bits per heavy atom. The van der Waals surface area contributed by atoms with E-state index in [2.05, 4.69) is 19.8 Å². The van der Waals surface area contributed by atoms with Gasteiger partial charge in [-0.2, -0.15) is 0 Å². The number of fused-ring (bicyclic) bond motifs is 5. The lowest BCUT2D eigenvalue weighted by Crippen LogP contribution is -2.56. The molecule has 4 fully saturated rings. The highest BCUT2D eigenvalue weighted by Crippen LogP contribution is 2.67. The van der Waals surface area contributed by atoms with Crippen LogP contribution in [-0.2, 0) is 4.79 Å². The molecule has 0 bridgehead atoms. The van der Waals surface area contributed by atoms with Crippen molar-refractivity contribution >= 4 is 5.78 Å². The van der Waals surface area contributed by atoms with Gasteiger partial charge in [0, 0.05) is 18.3 Å². The van der Waals surface area contributed by atoms with E-state index in [4.69, 9.17) is 6.42 Å². The average molecular weight is 314 g/mol. The SMILES string of the molecule is C#C[C@]1(O)CCC2C3CCC4CC(=O)CC[C@]4(C)C3CC[C@@]21C. The van der Waals surface area contributed by atoms with Crippen LogP contribution in [0.15, 0.2) is 0 Å². The zero-order valence-corrected chi connectivity index (χ0v) is 14.6. The van der Waals surface area contributed by atoms with E-state index in [-0.39, 0.29) is 5.41 Å². The maximum atomic E-state index is 11.9. The van der Waals surface area contributed by atoms with Gasteiger partial charge in [0.25, 0.3) is 0 Å². The third-order valence-electron chi connectivity index (χ3n) is 8.87. The molecule has 1 N–H and O–H groups in total. The molecule has 0 heterocycles. The van der Waals surface area contributed by atoms with Gasteiger partial charge in [-0.3, -0.25) is 4.79 Å². The molecule has 4 unspecified atom stereocenters. The molecule has 0 amide bonds. The maximum absolute atomic E-state index is 11.9. The number of hydrogen-bond donors (Lipinski definition) is 1. The Morgan fingerprint density at radius 2 is 1.83 bits per heavy atom. The number of carbonyl (C=O) groups excluding carboxylic acids is 1. The molecule has 2 heteroatoms. The number of rotatable bonds is 0. The number of carbonyl (C=O) groups is 1. The topological polar surface area (TPSA) is 37.3 Å². The molecule has 7 atom stereocenters. The molecular weight excluding hydrogens is 284 g/mol. The fraction of sp³-hybridized carbons (Fsp3) is 0.857. The third kappa shape index (κ3) is 1.89. The Morgan fingerprint density at radius 1 is 1.09 bits per heavy atom. The summed E-state index contributed by atoms with van der Waals surface area (Å²) in [4.78, 5) is 11.9. The summed E-state index contributed by atoms with van der Waals surface area (Å²) in [6.45, 7) is 4.71. The summed E-state index contributed by atoms with van der Waals surface area (Å²) in [6.07, 6.45) is 14.9. The fourth-order valence-electron chi connectivity index (χ4n) is 7.30. The van der Waals surface area contributed by atoms with E-state index in [9.17, 15) is 9.90 Å². The van der Waals surface area contributed by atoms with Gasteiger partial charge in [0.15, 0.2) is 0 Å². The van der Waals surface area contributed by atoms with Crippen LogP contribution in [0.3, 0.4) is 0 Å². The van der Waals surface area contributed by atoms with Gasteiger partial charge in [-0.05, 0) is 74.0 Å². The molecular formula is C21H30O2. The first-order valence-corrected chi connectivity index (χ1v) is 9.56. The first kappa shape index (κ1) is 15.7. The van der Waals surface area contributed by atoms with Gasteiger partial charge in [-0.25, -0.2) is 0 Å². The second-order valence-corrected chi connectivity index (χ2v) is 9.40. The van der Waals surface area contributed by atoms with Gasteiger partial charge in [-0.15, -0.1) is 6.42 Å². The highest BCUT2D eigenvalue weighted by Gasteiger charge is 2.64. The van der Waals surface area contributed by atoms with Crippen LogP contribution in [0.5, 0.6) is 0 Å². The van der Waals surface area contributed by atoms with Gasteiger partial charge >= 0.3 is 0 Å². The van der Waals surface area contributed by atoms with Crippen LogP contribution in [0.1, 0.15) is 71.6 Å². The average Bonchev–Trinajstić information content (AvgIpc) is 2.80. The zero-order chi connectivity index (χ0) is 16.5. The van der Waals surface area contributed by atoms with Crippen molar-refractivity contribution < 1.29 is 9.90 Å². The van der Waals surface area contributed by atoms with Gasteiger partial charge in [0.1, 0.15) is 11.4 Å². The van der Waals surface area contributed by atoms with Crippen molar-refractivity contribution in [1.82, 2.24) is 0 Å². The lowest BCUT2D eigenvalue weighted by Gasteiger charge is -2.60. The van der Waals surface area contributed by atoms with E-state index in [0.717, 1.165) is 44.4 Å². The molecule has 23 heavy (non-hydrogen) atoms. The van der Waals surface area contributed by atoms with Crippen LogP contribution >= 0.6 is 0 Å². The molecule has 4 rings (SSSR count). The molecule has 4 aliphatic rings. The van der Waals surface area contributed by atoms with Crippen LogP contribution in [-0.4, -0.2) is 16.5 Å². The molecule has 2 nitrogen and oxygen atoms in total. The van der Waals surface area contributed by atoms with Crippen molar-refractivity contribution in [2.75, 3.05) is 0 Å². The predicted molar refractivity (Wildman–Crippen MR) is 90.5 cm³/mol. The van der Waals surface area contributed by atoms with Crippen LogP contribution in [0, 0.1) is 46.8 Å². The van der Waals surface area contributed by atoms with E-state index >= 15 is 0 Å². The molecule has 0 spiro atoms. The Balaban J connectivity index is 1.66. The molecule has 0 aliphatic heterocycles. The van der Waals surface area contributed by atoms with Crippen LogP contribution in [0.2, 0.25) is 0 Å². The number of ketones is 1. The minimum Gasteiger partial charge on any atom is -0.377 e. The van der Waals surface area contributed by atoms with Crippen molar-refractivity contribution in [2.45, 2.75) is 77.2 Å². The highest BCUT2D eigenvalue weighted by atomic mass is 16.3. The summed E-state index contributed by atoms with van der Waals surface area (Å²) in [5, 5.41) is 11.0. The number of terminal acetylenes is 1. The zero-order valence-electron chi connectivity index (χ0n) is 14.6. The molecule has 0 aromatic carbocycles. The maximum Gasteiger partial charge on any atom is 0.133 e. The molecule has 0 aromatic rings. The first-order valence-electron chi connectivity index (χ1n) is 9.56.